The van der Waals surface area contributed by atoms with E-state index in [1.165, 1.54) is 18.3 Å². The molecule has 1 heterocycles. The van der Waals surface area contributed by atoms with Crippen LogP contribution in [0.1, 0.15) is 5.56 Å². The lowest BCUT2D eigenvalue weighted by Gasteiger charge is -2.10. The molecule has 0 saturated heterocycles. The smallest absolute Gasteiger partial charge is 0.272 e. The lowest BCUT2D eigenvalue weighted by Crippen LogP contribution is -1.97. The Kier molecular flexibility index (Phi) is 3.28. The lowest BCUT2D eigenvalue weighted by molar-refractivity contribution is -0.385. The molecule has 0 atom stereocenters. The molecule has 0 amide bonds. The van der Waals surface area contributed by atoms with Gasteiger partial charge >= 0.3 is 0 Å². The maximum absolute atomic E-state index is 13.7. The molecule has 1 aromatic carbocycles. The van der Waals surface area contributed by atoms with Gasteiger partial charge in [0.15, 0.2) is 11.6 Å². The number of nitrogens with zero attached hydrogens (tertiary/aromatic N) is 2. The average molecular weight is 263 g/mol. The van der Waals surface area contributed by atoms with Crippen LogP contribution in [0.3, 0.4) is 0 Å². The van der Waals surface area contributed by atoms with Crippen molar-refractivity contribution in [3.63, 3.8) is 0 Å². The van der Waals surface area contributed by atoms with E-state index in [9.17, 15) is 14.5 Å². The van der Waals surface area contributed by atoms with E-state index >= 15 is 0 Å². The number of rotatable bonds is 3. The van der Waals surface area contributed by atoms with Crippen LogP contribution in [0.25, 0.3) is 0 Å². The van der Waals surface area contributed by atoms with Crippen molar-refractivity contribution in [1.29, 1.82) is 0 Å². The molecule has 1 aromatic heterocycles. The number of nitrogens with two attached hydrogens (primary N) is 1. The largest absolute Gasteiger partial charge is 0.454 e. The van der Waals surface area contributed by atoms with E-state index in [2.05, 4.69) is 4.98 Å². The predicted octanol–water partition coefficient (Wildman–Crippen LogP) is 2.81. The van der Waals surface area contributed by atoms with Gasteiger partial charge in [0.2, 0.25) is 0 Å². The minimum atomic E-state index is -0.816. The van der Waals surface area contributed by atoms with Gasteiger partial charge in [0, 0.05) is 17.8 Å². The summed E-state index contributed by atoms with van der Waals surface area (Å²) in [6.07, 6.45) is 1.43. The van der Waals surface area contributed by atoms with Crippen molar-refractivity contribution < 1.29 is 14.1 Å². The molecule has 0 aliphatic heterocycles. The number of aromatic nitrogens is 1. The van der Waals surface area contributed by atoms with E-state index in [1.807, 2.05) is 0 Å². The zero-order valence-electron chi connectivity index (χ0n) is 9.96. The summed E-state index contributed by atoms with van der Waals surface area (Å²) in [6, 6.07) is 4.70. The monoisotopic (exact) mass is 263 g/mol. The Morgan fingerprint density at radius 3 is 2.74 bits per heavy atom. The fraction of sp³-hybridized carbons (Fsp3) is 0.0833. The molecule has 98 valence electrons. The highest BCUT2D eigenvalue weighted by molar-refractivity contribution is 5.49. The molecule has 0 radical (unpaired) electrons. The first kappa shape index (κ1) is 12.7. The van der Waals surface area contributed by atoms with Crippen LogP contribution in [-0.2, 0) is 0 Å². The van der Waals surface area contributed by atoms with E-state index in [-0.39, 0.29) is 17.3 Å². The van der Waals surface area contributed by atoms with Gasteiger partial charge in [-0.25, -0.2) is 9.37 Å². The highest BCUT2D eigenvalue weighted by Gasteiger charge is 2.13. The summed E-state index contributed by atoms with van der Waals surface area (Å²) >= 11 is 0. The molecular weight excluding hydrogens is 253 g/mol. The van der Waals surface area contributed by atoms with Crippen molar-refractivity contribution in [2.45, 2.75) is 6.92 Å². The van der Waals surface area contributed by atoms with Crippen LogP contribution in [0.15, 0.2) is 30.5 Å². The summed E-state index contributed by atoms with van der Waals surface area (Å²) in [7, 11) is 0. The molecule has 0 bridgehead atoms. The van der Waals surface area contributed by atoms with Gasteiger partial charge in [0.25, 0.3) is 5.69 Å². The van der Waals surface area contributed by atoms with E-state index in [1.54, 1.807) is 6.92 Å². The molecule has 0 spiro atoms. The number of ether oxygens (including phenoxy) is 1. The van der Waals surface area contributed by atoms with Crippen LogP contribution in [0, 0.1) is 22.9 Å². The number of halogens is 1. The second kappa shape index (κ2) is 4.89. The van der Waals surface area contributed by atoms with Crippen LogP contribution in [0.5, 0.6) is 11.5 Å². The SMILES string of the molecule is Cc1c(Oc2ccc([N+](=O)[O-])cc2F)ccnc1N. The number of pyridine rings is 1. The van der Waals surface area contributed by atoms with Crippen molar-refractivity contribution >= 4 is 11.5 Å². The molecule has 19 heavy (non-hydrogen) atoms. The standard InChI is InChI=1S/C12H10FN3O3/c1-7-10(4-5-15-12(7)14)19-11-3-2-8(16(17)18)6-9(11)13/h2-6H,1H3,(H2,14,15). The zero-order chi connectivity index (χ0) is 14.0. The molecule has 6 nitrogen and oxygen atoms in total. The summed E-state index contributed by atoms with van der Waals surface area (Å²) in [6.45, 7) is 1.68. The maximum atomic E-state index is 13.7. The molecule has 0 fully saturated rings. The third-order valence-corrected chi connectivity index (χ3v) is 2.54. The minimum Gasteiger partial charge on any atom is -0.454 e. The van der Waals surface area contributed by atoms with E-state index in [4.69, 9.17) is 10.5 Å². The van der Waals surface area contributed by atoms with E-state index < -0.39 is 10.7 Å². The minimum absolute atomic E-state index is 0.112. The van der Waals surface area contributed by atoms with Crippen LogP contribution in [-0.4, -0.2) is 9.91 Å². The van der Waals surface area contributed by atoms with Gasteiger partial charge in [-0.1, -0.05) is 0 Å². The first-order valence-electron chi connectivity index (χ1n) is 5.32. The first-order chi connectivity index (χ1) is 8.99. The molecule has 2 aromatic rings. The number of nitrogen functional groups attached to an aromatic ring is 1. The number of nitro groups is 1. The van der Waals surface area contributed by atoms with Crippen molar-refractivity contribution in [2.75, 3.05) is 5.73 Å². The Morgan fingerprint density at radius 1 is 1.37 bits per heavy atom. The normalized spacial score (nSPS) is 10.2. The number of nitro benzene ring substituents is 1. The second-order valence-corrected chi connectivity index (χ2v) is 3.79. The van der Waals surface area contributed by atoms with Gasteiger partial charge in [-0.2, -0.15) is 0 Å². The fourth-order valence-electron chi connectivity index (χ4n) is 1.45. The maximum Gasteiger partial charge on any atom is 0.272 e. The summed E-state index contributed by atoms with van der Waals surface area (Å²) in [5.74, 6) is -0.302. The topological polar surface area (TPSA) is 91.3 Å². The molecule has 0 aliphatic rings. The van der Waals surface area contributed by atoms with Crippen molar-refractivity contribution in [3.8, 4) is 11.5 Å². The van der Waals surface area contributed by atoms with Crippen molar-refractivity contribution in [1.82, 2.24) is 4.98 Å². The lowest BCUT2D eigenvalue weighted by atomic mass is 10.2. The molecule has 0 aliphatic carbocycles. The number of hydrogen-bond donors (Lipinski definition) is 1. The van der Waals surface area contributed by atoms with Gasteiger partial charge < -0.3 is 10.5 Å². The molecule has 2 rings (SSSR count). The summed E-state index contributed by atoms with van der Waals surface area (Å²) in [4.78, 5) is 13.7. The first-order valence-corrected chi connectivity index (χ1v) is 5.32. The third-order valence-electron chi connectivity index (χ3n) is 2.54. The van der Waals surface area contributed by atoms with Crippen molar-refractivity contribution in [2.24, 2.45) is 0 Å². The highest BCUT2D eigenvalue weighted by Crippen LogP contribution is 2.30. The third kappa shape index (κ3) is 2.59. The summed E-state index contributed by atoms with van der Waals surface area (Å²) < 4.78 is 19.0. The quantitative estimate of drug-likeness (QED) is 0.679. The number of hydrogen-bond acceptors (Lipinski definition) is 5. The van der Waals surface area contributed by atoms with Crippen LogP contribution in [0.2, 0.25) is 0 Å². The van der Waals surface area contributed by atoms with Gasteiger partial charge in [-0.05, 0) is 19.1 Å². The number of non-ortho nitro benzene ring substituents is 1. The molecule has 0 saturated carbocycles. The highest BCUT2D eigenvalue weighted by atomic mass is 19.1. The fourth-order valence-corrected chi connectivity index (χ4v) is 1.45. The Hall–Kier alpha value is -2.70. The van der Waals surface area contributed by atoms with Gasteiger partial charge in [0.1, 0.15) is 11.6 Å². The Labute approximate surface area is 107 Å². The van der Waals surface area contributed by atoms with Crippen LogP contribution in [0.4, 0.5) is 15.9 Å². The van der Waals surface area contributed by atoms with Crippen LogP contribution >= 0.6 is 0 Å². The Bertz CT molecular complexity index is 646. The van der Waals surface area contributed by atoms with Crippen LogP contribution < -0.4 is 10.5 Å². The molecule has 7 heteroatoms. The van der Waals surface area contributed by atoms with Gasteiger partial charge in [0.05, 0.1) is 11.0 Å². The average Bonchev–Trinajstić information content (AvgIpc) is 2.37. The van der Waals surface area contributed by atoms with Gasteiger partial charge in [-0.3, -0.25) is 10.1 Å². The Balaban J connectivity index is 2.34. The molecular formula is C12H10FN3O3. The number of anilines is 1. The van der Waals surface area contributed by atoms with E-state index in [0.717, 1.165) is 12.1 Å². The zero-order valence-corrected chi connectivity index (χ0v) is 9.96. The number of benzene rings is 1. The van der Waals surface area contributed by atoms with Gasteiger partial charge in [-0.15, -0.1) is 0 Å². The summed E-state index contributed by atoms with van der Waals surface area (Å²) in [5.41, 5.74) is 5.83. The molecule has 2 N–H and O–H groups in total. The molecule has 0 unspecified atom stereocenters. The van der Waals surface area contributed by atoms with Crippen molar-refractivity contribution in [3.05, 3.63) is 52.0 Å². The van der Waals surface area contributed by atoms with E-state index in [0.29, 0.717) is 11.3 Å². The predicted molar refractivity (Wildman–Crippen MR) is 66.5 cm³/mol. The Morgan fingerprint density at radius 2 is 2.11 bits per heavy atom. The summed E-state index contributed by atoms with van der Waals surface area (Å²) in [5, 5.41) is 10.5. The second-order valence-electron chi connectivity index (χ2n) is 3.79.